The van der Waals surface area contributed by atoms with Crippen LogP contribution in [0.2, 0.25) is 0 Å². The van der Waals surface area contributed by atoms with Crippen molar-refractivity contribution in [1.82, 2.24) is 5.32 Å². The number of rotatable bonds is 5. The summed E-state index contributed by atoms with van der Waals surface area (Å²) in [7, 11) is 0. The van der Waals surface area contributed by atoms with Gasteiger partial charge in [-0.3, -0.25) is 0 Å². The van der Waals surface area contributed by atoms with E-state index in [0.717, 1.165) is 13.1 Å². The highest BCUT2D eigenvalue weighted by Crippen LogP contribution is 2.17. The molecule has 0 radical (unpaired) electrons. The zero-order valence-corrected chi connectivity index (χ0v) is 7.84. The highest BCUT2D eigenvalue weighted by molar-refractivity contribution is 5.10. The van der Waals surface area contributed by atoms with Crippen molar-refractivity contribution < 1.29 is 4.42 Å². The Morgan fingerprint density at radius 1 is 1.58 bits per heavy atom. The number of nitrogens with one attached hydrogen (secondary N) is 1. The molecule has 2 nitrogen and oxygen atoms in total. The number of furan rings is 1. The number of hydrogen-bond acceptors (Lipinski definition) is 2. The molecule has 0 saturated carbocycles. The summed E-state index contributed by atoms with van der Waals surface area (Å²) < 4.78 is 5.02. The third-order valence-electron chi connectivity index (χ3n) is 2.12. The van der Waals surface area contributed by atoms with Crippen LogP contribution in [0.1, 0.15) is 31.7 Å². The van der Waals surface area contributed by atoms with Crippen molar-refractivity contribution in [3.05, 3.63) is 24.2 Å². The van der Waals surface area contributed by atoms with E-state index >= 15 is 0 Å². The van der Waals surface area contributed by atoms with Gasteiger partial charge in [0.2, 0.25) is 0 Å². The van der Waals surface area contributed by atoms with Gasteiger partial charge in [-0.25, -0.2) is 0 Å². The van der Waals surface area contributed by atoms with Gasteiger partial charge in [0.1, 0.15) is 0 Å². The average molecular weight is 167 g/mol. The minimum absolute atomic E-state index is 0.600. The first kappa shape index (κ1) is 9.33. The Hall–Kier alpha value is -0.760. The van der Waals surface area contributed by atoms with Crippen LogP contribution in [0.4, 0.5) is 0 Å². The summed E-state index contributed by atoms with van der Waals surface area (Å²) in [6, 6.07) is 2.04. The average Bonchev–Trinajstić information content (AvgIpc) is 2.56. The van der Waals surface area contributed by atoms with Gasteiger partial charge in [0, 0.05) is 0 Å². The summed E-state index contributed by atoms with van der Waals surface area (Å²) in [5.41, 5.74) is 1.30. The molecule has 68 valence electrons. The van der Waals surface area contributed by atoms with Crippen LogP contribution in [-0.2, 0) is 0 Å². The highest BCUT2D eigenvalue weighted by Gasteiger charge is 2.04. The summed E-state index contributed by atoms with van der Waals surface area (Å²) >= 11 is 0. The summed E-state index contributed by atoms with van der Waals surface area (Å²) in [5.74, 6) is 0.600. The van der Waals surface area contributed by atoms with E-state index in [1.54, 1.807) is 6.26 Å². The van der Waals surface area contributed by atoms with Crippen LogP contribution in [-0.4, -0.2) is 13.1 Å². The lowest BCUT2D eigenvalue weighted by molar-refractivity contribution is 0.552. The lowest BCUT2D eigenvalue weighted by atomic mass is 10.0. The van der Waals surface area contributed by atoms with Gasteiger partial charge in [-0.15, -0.1) is 0 Å². The van der Waals surface area contributed by atoms with Gasteiger partial charge in [0.15, 0.2) is 0 Å². The van der Waals surface area contributed by atoms with Gasteiger partial charge in [-0.1, -0.05) is 13.8 Å². The normalized spacial score (nSPS) is 13.2. The molecule has 12 heavy (non-hydrogen) atoms. The molecule has 1 aromatic heterocycles. The first-order chi connectivity index (χ1) is 5.84. The molecule has 0 fully saturated rings. The fraction of sp³-hybridized carbons (Fsp3) is 0.600. The van der Waals surface area contributed by atoms with Gasteiger partial charge in [0.25, 0.3) is 0 Å². The van der Waals surface area contributed by atoms with Crippen LogP contribution in [0.25, 0.3) is 0 Å². The molecule has 0 aromatic carbocycles. The van der Waals surface area contributed by atoms with Gasteiger partial charge in [-0.2, -0.15) is 0 Å². The van der Waals surface area contributed by atoms with E-state index in [1.165, 1.54) is 12.0 Å². The molecular formula is C10H17NO. The molecule has 1 heterocycles. The minimum atomic E-state index is 0.600. The lowest BCUT2D eigenvalue weighted by Gasteiger charge is -2.08. The van der Waals surface area contributed by atoms with Crippen LogP contribution in [0.5, 0.6) is 0 Å². The molecule has 0 bridgehead atoms. The van der Waals surface area contributed by atoms with Crippen LogP contribution in [0, 0.1) is 0 Å². The Balaban J connectivity index is 2.25. The first-order valence-electron chi connectivity index (χ1n) is 4.57. The molecule has 1 atom stereocenters. The van der Waals surface area contributed by atoms with E-state index in [1.807, 2.05) is 12.3 Å². The predicted molar refractivity (Wildman–Crippen MR) is 50.3 cm³/mol. The molecular weight excluding hydrogens is 150 g/mol. The van der Waals surface area contributed by atoms with E-state index in [4.69, 9.17) is 4.42 Å². The molecule has 1 N–H and O–H groups in total. The summed E-state index contributed by atoms with van der Waals surface area (Å²) in [6.45, 7) is 6.49. The van der Waals surface area contributed by atoms with Gasteiger partial charge >= 0.3 is 0 Å². The minimum Gasteiger partial charge on any atom is -0.472 e. The zero-order chi connectivity index (χ0) is 8.81. The Bertz CT molecular complexity index is 194. The SMILES string of the molecule is CCNCCC(C)c1ccoc1. The number of hydrogen-bond donors (Lipinski definition) is 1. The Labute approximate surface area is 74.0 Å². The van der Waals surface area contributed by atoms with E-state index in [-0.39, 0.29) is 0 Å². The summed E-state index contributed by atoms with van der Waals surface area (Å²) in [5, 5.41) is 3.31. The first-order valence-corrected chi connectivity index (χ1v) is 4.57. The lowest BCUT2D eigenvalue weighted by Crippen LogP contribution is -2.15. The Morgan fingerprint density at radius 3 is 3.00 bits per heavy atom. The van der Waals surface area contributed by atoms with Crippen LogP contribution >= 0.6 is 0 Å². The molecule has 0 saturated heterocycles. The maximum absolute atomic E-state index is 5.02. The largest absolute Gasteiger partial charge is 0.472 e. The van der Waals surface area contributed by atoms with Crippen molar-refractivity contribution in [1.29, 1.82) is 0 Å². The van der Waals surface area contributed by atoms with E-state index in [9.17, 15) is 0 Å². The molecule has 0 aliphatic rings. The van der Waals surface area contributed by atoms with Crippen molar-refractivity contribution in [2.75, 3.05) is 13.1 Å². The predicted octanol–water partition coefficient (Wildman–Crippen LogP) is 2.38. The third-order valence-corrected chi connectivity index (χ3v) is 2.12. The Kier molecular flexibility index (Phi) is 3.88. The zero-order valence-electron chi connectivity index (χ0n) is 7.84. The molecule has 0 aliphatic heterocycles. The summed E-state index contributed by atoms with van der Waals surface area (Å²) in [4.78, 5) is 0. The standard InChI is InChI=1S/C10H17NO/c1-3-11-6-4-9(2)10-5-7-12-8-10/h5,7-9,11H,3-4,6H2,1-2H3. The molecule has 2 heteroatoms. The van der Waals surface area contributed by atoms with Gasteiger partial charge in [-0.05, 0) is 37.1 Å². The van der Waals surface area contributed by atoms with E-state index in [2.05, 4.69) is 19.2 Å². The van der Waals surface area contributed by atoms with Crippen molar-refractivity contribution >= 4 is 0 Å². The second-order valence-electron chi connectivity index (χ2n) is 3.10. The second-order valence-corrected chi connectivity index (χ2v) is 3.10. The molecule has 0 spiro atoms. The highest BCUT2D eigenvalue weighted by atomic mass is 16.3. The van der Waals surface area contributed by atoms with Crippen LogP contribution in [0.15, 0.2) is 23.0 Å². The smallest absolute Gasteiger partial charge is 0.0937 e. The second kappa shape index (κ2) is 4.99. The van der Waals surface area contributed by atoms with Crippen LogP contribution in [0.3, 0.4) is 0 Å². The molecule has 1 aromatic rings. The molecule has 1 rings (SSSR count). The summed E-state index contributed by atoms with van der Waals surface area (Å²) in [6.07, 6.45) is 4.74. The third kappa shape index (κ3) is 2.70. The van der Waals surface area contributed by atoms with E-state index in [0.29, 0.717) is 5.92 Å². The fourth-order valence-corrected chi connectivity index (χ4v) is 1.22. The fourth-order valence-electron chi connectivity index (χ4n) is 1.22. The topological polar surface area (TPSA) is 25.2 Å². The van der Waals surface area contributed by atoms with Gasteiger partial charge in [0.05, 0.1) is 12.5 Å². The van der Waals surface area contributed by atoms with Gasteiger partial charge < -0.3 is 9.73 Å². The quantitative estimate of drug-likeness (QED) is 0.681. The van der Waals surface area contributed by atoms with Crippen molar-refractivity contribution in [3.8, 4) is 0 Å². The monoisotopic (exact) mass is 167 g/mol. The van der Waals surface area contributed by atoms with Crippen molar-refractivity contribution in [2.24, 2.45) is 0 Å². The Morgan fingerprint density at radius 2 is 2.42 bits per heavy atom. The maximum atomic E-state index is 5.02. The molecule has 0 aliphatic carbocycles. The van der Waals surface area contributed by atoms with Crippen molar-refractivity contribution in [2.45, 2.75) is 26.2 Å². The van der Waals surface area contributed by atoms with Crippen LogP contribution < -0.4 is 5.32 Å². The molecule has 1 unspecified atom stereocenters. The van der Waals surface area contributed by atoms with E-state index < -0.39 is 0 Å². The van der Waals surface area contributed by atoms with Crippen molar-refractivity contribution in [3.63, 3.8) is 0 Å². The molecule has 0 amide bonds. The maximum Gasteiger partial charge on any atom is 0.0937 e.